The van der Waals surface area contributed by atoms with E-state index in [0.29, 0.717) is 31.6 Å². The van der Waals surface area contributed by atoms with E-state index in [1.807, 2.05) is 66.7 Å². The zero-order valence-corrected chi connectivity index (χ0v) is 19.0. The van der Waals surface area contributed by atoms with Crippen molar-refractivity contribution in [1.82, 2.24) is 15.5 Å². The number of likely N-dealkylation sites (tertiary alicyclic amines) is 1. The molecule has 1 heterocycles. The van der Waals surface area contributed by atoms with Gasteiger partial charge in [-0.05, 0) is 36.1 Å². The Labute approximate surface area is 200 Å². The van der Waals surface area contributed by atoms with Crippen molar-refractivity contribution in [2.75, 3.05) is 19.6 Å². The second-order valence-electron chi connectivity index (χ2n) is 8.36. The summed E-state index contributed by atoms with van der Waals surface area (Å²) < 4.78 is 0. The third-order valence-corrected chi connectivity index (χ3v) is 6.10. The highest BCUT2D eigenvalue weighted by Crippen LogP contribution is 2.30. The summed E-state index contributed by atoms with van der Waals surface area (Å²) in [6, 6.07) is 27.8. The van der Waals surface area contributed by atoms with Crippen LogP contribution in [0.25, 0.3) is 0 Å². The van der Waals surface area contributed by atoms with Gasteiger partial charge in [-0.3, -0.25) is 14.4 Å². The van der Waals surface area contributed by atoms with Gasteiger partial charge >= 0.3 is 0 Å². The normalized spacial score (nSPS) is 15.2. The first-order valence-electron chi connectivity index (χ1n) is 11.7. The SMILES string of the molecule is O=C(NCCNC(=O)[C@@H]1CCCN1C(=O)C(c1ccccc1)c1ccccc1)c1ccccc1. The van der Waals surface area contributed by atoms with Crippen LogP contribution in [-0.4, -0.2) is 48.3 Å². The van der Waals surface area contributed by atoms with E-state index in [9.17, 15) is 14.4 Å². The predicted molar refractivity (Wildman–Crippen MR) is 131 cm³/mol. The van der Waals surface area contributed by atoms with Gasteiger partial charge in [0.2, 0.25) is 11.8 Å². The molecule has 0 spiro atoms. The Balaban J connectivity index is 1.39. The van der Waals surface area contributed by atoms with E-state index >= 15 is 0 Å². The lowest BCUT2D eigenvalue weighted by atomic mass is 9.90. The predicted octanol–water partition coefficient (Wildman–Crippen LogP) is 3.36. The average molecular weight is 456 g/mol. The molecule has 6 heteroatoms. The molecule has 1 aliphatic rings. The van der Waals surface area contributed by atoms with Gasteiger partial charge in [-0.15, -0.1) is 0 Å². The van der Waals surface area contributed by atoms with Crippen molar-refractivity contribution in [2.45, 2.75) is 24.8 Å². The Morgan fingerprint density at radius 3 is 1.88 bits per heavy atom. The summed E-state index contributed by atoms with van der Waals surface area (Å²) in [6.07, 6.45) is 1.41. The molecular weight excluding hydrogens is 426 g/mol. The van der Waals surface area contributed by atoms with Gasteiger partial charge in [0.05, 0.1) is 5.92 Å². The van der Waals surface area contributed by atoms with Crippen LogP contribution in [0.2, 0.25) is 0 Å². The van der Waals surface area contributed by atoms with Gasteiger partial charge in [0.1, 0.15) is 6.04 Å². The first-order valence-corrected chi connectivity index (χ1v) is 11.7. The second kappa shape index (κ2) is 11.3. The third kappa shape index (κ3) is 5.52. The lowest BCUT2D eigenvalue weighted by molar-refractivity contribution is -0.138. The van der Waals surface area contributed by atoms with Gasteiger partial charge in [-0.2, -0.15) is 0 Å². The van der Waals surface area contributed by atoms with Crippen LogP contribution < -0.4 is 10.6 Å². The molecule has 0 radical (unpaired) electrons. The minimum absolute atomic E-state index is 0.0626. The number of benzene rings is 3. The topological polar surface area (TPSA) is 78.5 Å². The van der Waals surface area contributed by atoms with Crippen molar-refractivity contribution < 1.29 is 14.4 Å². The lowest BCUT2D eigenvalue weighted by Gasteiger charge is -2.29. The highest BCUT2D eigenvalue weighted by atomic mass is 16.2. The first-order chi connectivity index (χ1) is 16.6. The van der Waals surface area contributed by atoms with Crippen LogP contribution in [0.15, 0.2) is 91.0 Å². The zero-order valence-electron chi connectivity index (χ0n) is 19.0. The zero-order chi connectivity index (χ0) is 23.8. The highest BCUT2D eigenvalue weighted by Gasteiger charge is 2.38. The summed E-state index contributed by atoms with van der Waals surface area (Å²) in [6.45, 7) is 1.17. The number of carbonyl (C=O) groups is 3. The van der Waals surface area contributed by atoms with E-state index < -0.39 is 12.0 Å². The molecule has 1 atom stereocenters. The van der Waals surface area contributed by atoms with Gasteiger partial charge in [-0.1, -0.05) is 78.9 Å². The van der Waals surface area contributed by atoms with Crippen LogP contribution in [0.5, 0.6) is 0 Å². The van der Waals surface area contributed by atoms with E-state index in [-0.39, 0.29) is 17.7 Å². The van der Waals surface area contributed by atoms with Gasteiger partial charge in [0.25, 0.3) is 5.91 Å². The molecule has 1 aliphatic heterocycles. The number of nitrogens with one attached hydrogen (secondary N) is 2. The maximum absolute atomic E-state index is 13.7. The van der Waals surface area contributed by atoms with E-state index in [1.54, 1.807) is 29.2 Å². The Kier molecular flexibility index (Phi) is 7.71. The standard InChI is InChI=1S/C28H29N3O3/c32-26(23-15-8-3-9-16-23)29-18-19-30-27(33)24-17-10-20-31(24)28(34)25(21-11-4-1-5-12-21)22-13-6-2-7-14-22/h1-9,11-16,24-25H,10,17-20H2,(H,29,32)(H,30,33)/t24-/m0/s1. The lowest BCUT2D eigenvalue weighted by Crippen LogP contribution is -2.48. The smallest absolute Gasteiger partial charge is 0.251 e. The molecule has 0 aromatic heterocycles. The fraction of sp³-hybridized carbons (Fsp3) is 0.250. The molecule has 6 nitrogen and oxygen atoms in total. The molecule has 34 heavy (non-hydrogen) atoms. The van der Waals surface area contributed by atoms with Crippen LogP contribution in [0.3, 0.4) is 0 Å². The van der Waals surface area contributed by atoms with E-state index in [4.69, 9.17) is 0 Å². The molecule has 3 aromatic carbocycles. The Morgan fingerprint density at radius 2 is 1.29 bits per heavy atom. The van der Waals surface area contributed by atoms with Crippen LogP contribution in [0.4, 0.5) is 0 Å². The fourth-order valence-electron chi connectivity index (χ4n) is 4.41. The Hall–Kier alpha value is -3.93. The molecule has 3 aromatic rings. The molecule has 0 bridgehead atoms. The summed E-state index contributed by atoms with van der Waals surface area (Å²) in [5, 5.41) is 5.69. The molecular formula is C28H29N3O3. The monoisotopic (exact) mass is 455 g/mol. The van der Waals surface area contributed by atoms with Crippen molar-refractivity contribution in [1.29, 1.82) is 0 Å². The molecule has 2 N–H and O–H groups in total. The van der Waals surface area contributed by atoms with Crippen molar-refractivity contribution in [2.24, 2.45) is 0 Å². The third-order valence-electron chi connectivity index (χ3n) is 6.10. The van der Waals surface area contributed by atoms with Crippen LogP contribution in [-0.2, 0) is 9.59 Å². The Bertz CT molecular complexity index is 1060. The molecule has 0 aliphatic carbocycles. The van der Waals surface area contributed by atoms with Gasteiger partial charge < -0.3 is 15.5 Å². The quantitative estimate of drug-likeness (QED) is 0.512. The summed E-state index contributed by atoms with van der Waals surface area (Å²) in [7, 11) is 0. The number of hydrogen-bond donors (Lipinski definition) is 2. The summed E-state index contributed by atoms with van der Waals surface area (Å²) in [5.41, 5.74) is 2.40. The van der Waals surface area contributed by atoms with Gasteiger partial charge in [0, 0.05) is 25.2 Å². The summed E-state index contributed by atoms with van der Waals surface area (Å²) in [4.78, 5) is 40.5. The number of hydrogen-bond acceptors (Lipinski definition) is 3. The molecule has 0 saturated carbocycles. The summed E-state index contributed by atoms with van der Waals surface area (Å²) in [5.74, 6) is -0.880. The maximum Gasteiger partial charge on any atom is 0.251 e. The largest absolute Gasteiger partial charge is 0.353 e. The number of amides is 3. The number of rotatable bonds is 8. The second-order valence-corrected chi connectivity index (χ2v) is 8.36. The van der Waals surface area contributed by atoms with Crippen molar-refractivity contribution in [3.63, 3.8) is 0 Å². The Morgan fingerprint density at radius 1 is 0.765 bits per heavy atom. The van der Waals surface area contributed by atoms with E-state index in [1.165, 1.54) is 0 Å². The maximum atomic E-state index is 13.7. The van der Waals surface area contributed by atoms with Crippen molar-refractivity contribution in [3.8, 4) is 0 Å². The van der Waals surface area contributed by atoms with Crippen molar-refractivity contribution in [3.05, 3.63) is 108 Å². The van der Waals surface area contributed by atoms with Crippen molar-refractivity contribution >= 4 is 17.7 Å². The van der Waals surface area contributed by atoms with E-state index in [0.717, 1.165) is 17.5 Å². The molecule has 1 saturated heterocycles. The highest BCUT2D eigenvalue weighted by molar-refractivity contribution is 5.94. The number of nitrogens with zero attached hydrogens (tertiary/aromatic N) is 1. The molecule has 174 valence electrons. The summed E-state index contributed by atoms with van der Waals surface area (Å²) >= 11 is 0. The van der Waals surface area contributed by atoms with Gasteiger partial charge in [0.15, 0.2) is 0 Å². The molecule has 3 amide bonds. The van der Waals surface area contributed by atoms with Crippen LogP contribution >= 0.6 is 0 Å². The average Bonchev–Trinajstić information content (AvgIpc) is 3.39. The van der Waals surface area contributed by atoms with Gasteiger partial charge in [-0.25, -0.2) is 0 Å². The fourth-order valence-corrected chi connectivity index (χ4v) is 4.41. The molecule has 1 fully saturated rings. The van der Waals surface area contributed by atoms with Crippen LogP contribution in [0, 0.1) is 0 Å². The first kappa shape index (κ1) is 23.2. The number of carbonyl (C=O) groups excluding carboxylic acids is 3. The van der Waals surface area contributed by atoms with E-state index in [2.05, 4.69) is 10.6 Å². The molecule has 4 rings (SSSR count). The minimum Gasteiger partial charge on any atom is -0.353 e. The van der Waals surface area contributed by atoms with Crippen LogP contribution in [0.1, 0.15) is 40.2 Å². The molecule has 0 unspecified atom stereocenters. The minimum atomic E-state index is -0.507.